The highest BCUT2D eigenvalue weighted by Gasteiger charge is 2.51. The molecule has 0 bridgehead atoms. The summed E-state index contributed by atoms with van der Waals surface area (Å²) in [6, 6.07) is 29.3. The van der Waals surface area contributed by atoms with E-state index in [9.17, 15) is 24.0 Å². The number of hydrogen-bond donors (Lipinski definition) is 3. The zero-order chi connectivity index (χ0) is 44.5. The number of aromatic nitrogens is 1. The number of fused-ring (bicyclic) bond motifs is 1. The van der Waals surface area contributed by atoms with E-state index in [1.165, 1.54) is 0 Å². The molecule has 0 aliphatic carbocycles. The van der Waals surface area contributed by atoms with Gasteiger partial charge in [0.15, 0.2) is 5.78 Å². The number of carbonyl (C=O) groups is 5. The van der Waals surface area contributed by atoms with Crippen molar-refractivity contribution in [1.82, 2.24) is 25.8 Å². The van der Waals surface area contributed by atoms with E-state index in [0.29, 0.717) is 32.2 Å². The average molecular weight is 856 g/mol. The molecular formula is C50H61N5O6Si. The number of pyridine rings is 1. The number of carbonyl (C=O) groups excluding carboxylic acids is 5. The minimum Gasteiger partial charge on any atom is -0.397 e. The van der Waals surface area contributed by atoms with E-state index in [2.05, 4.69) is 66.0 Å². The van der Waals surface area contributed by atoms with Crippen molar-refractivity contribution in [2.75, 3.05) is 6.54 Å². The van der Waals surface area contributed by atoms with Crippen LogP contribution in [0.2, 0.25) is 5.04 Å². The first kappa shape index (κ1) is 45.8. The van der Waals surface area contributed by atoms with Gasteiger partial charge in [0.2, 0.25) is 23.6 Å². The topological polar surface area (TPSA) is 147 Å². The Morgan fingerprint density at radius 1 is 0.887 bits per heavy atom. The fourth-order valence-corrected chi connectivity index (χ4v) is 13.3. The van der Waals surface area contributed by atoms with Crippen molar-refractivity contribution < 1.29 is 28.4 Å². The molecule has 2 fully saturated rings. The van der Waals surface area contributed by atoms with Crippen LogP contribution in [0.15, 0.2) is 122 Å². The van der Waals surface area contributed by atoms with Gasteiger partial charge in [-0.3, -0.25) is 29.0 Å². The lowest BCUT2D eigenvalue weighted by Crippen LogP contribution is -2.68. The molecule has 0 radical (unpaired) electrons. The van der Waals surface area contributed by atoms with Gasteiger partial charge in [0.1, 0.15) is 29.8 Å². The van der Waals surface area contributed by atoms with Crippen LogP contribution in [-0.2, 0) is 34.8 Å². The number of nitrogens with zero attached hydrogens (tertiary/aromatic N) is 2. The molecule has 0 unspecified atom stereocenters. The Hall–Kier alpha value is -5.72. The smallest absolute Gasteiger partial charge is 0.262 e. The molecule has 3 heterocycles. The molecule has 2 saturated heterocycles. The second kappa shape index (κ2) is 20.0. The van der Waals surface area contributed by atoms with E-state index in [1.54, 1.807) is 50.2 Å². The van der Waals surface area contributed by atoms with Crippen molar-refractivity contribution in [3.63, 3.8) is 0 Å². The van der Waals surface area contributed by atoms with Crippen molar-refractivity contribution in [2.45, 2.75) is 121 Å². The molecule has 6 rings (SSSR count). The van der Waals surface area contributed by atoms with Gasteiger partial charge in [-0.2, -0.15) is 0 Å². The van der Waals surface area contributed by atoms with Crippen LogP contribution in [0.25, 0.3) is 11.1 Å². The molecule has 0 spiro atoms. The molecule has 326 valence electrons. The van der Waals surface area contributed by atoms with Gasteiger partial charge in [-0.25, -0.2) is 0 Å². The molecule has 4 amide bonds. The number of amides is 4. The lowest BCUT2D eigenvalue weighted by molar-refractivity contribution is -0.144. The number of nitrogens with one attached hydrogen (secondary N) is 3. The largest absolute Gasteiger partial charge is 0.397 e. The lowest BCUT2D eigenvalue weighted by atomic mass is 9.94. The van der Waals surface area contributed by atoms with E-state index in [1.807, 2.05) is 72.8 Å². The fraction of sp³-hybridized carbons (Fsp3) is 0.400. The summed E-state index contributed by atoms with van der Waals surface area (Å²) >= 11 is 0. The van der Waals surface area contributed by atoms with Crippen LogP contribution in [-0.4, -0.2) is 83.9 Å². The van der Waals surface area contributed by atoms with Crippen molar-refractivity contribution in [1.29, 1.82) is 0 Å². The first-order valence-corrected chi connectivity index (χ1v) is 23.8. The third-order valence-corrected chi connectivity index (χ3v) is 17.5. The van der Waals surface area contributed by atoms with Crippen molar-refractivity contribution >= 4 is 48.1 Å². The summed E-state index contributed by atoms with van der Waals surface area (Å²) < 4.78 is 6.99. The van der Waals surface area contributed by atoms with Gasteiger partial charge in [-0.15, -0.1) is 0 Å². The van der Waals surface area contributed by atoms with Gasteiger partial charge >= 0.3 is 0 Å². The van der Waals surface area contributed by atoms with Crippen molar-refractivity contribution in [3.05, 3.63) is 127 Å². The summed E-state index contributed by atoms with van der Waals surface area (Å²) in [4.78, 5) is 75.7. The second-order valence-electron chi connectivity index (χ2n) is 17.8. The van der Waals surface area contributed by atoms with Crippen LogP contribution < -0.4 is 26.3 Å². The lowest BCUT2D eigenvalue weighted by Gasteiger charge is -2.44. The third kappa shape index (κ3) is 10.3. The predicted molar refractivity (Wildman–Crippen MR) is 245 cm³/mol. The first-order chi connectivity index (χ1) is 29.7. The third-order valence-electron chi connectivity index (χ3n) is 12.4. The fourth-order valence-electron chi connectivity index (χ4n) is 8.61. The highest BCUT2D eigenvalue weighted by molar-refractivity contribution is 6.99. The number of allylic oxidation sites excluding steroid dienone is 1. The zero-order valence-electron chi connectivity index (χ0n) is 36.9. The molecule has 2 aliphatic rings. The monoisotopic (exact) mass is 855 g/mol. The molecule has 62 heavy (non-hydrogen) atoms. The SMILES string of the molecule is CC[C@]1(C)NC(=O)[C@H](CCC/C=C/C(=O)[C@H](C)O[Si](c2ccccc2)(c2ccccc2)C(C)(C)C)NC(=O)[C@H]2CCCN2C(=O)[C@H](Cc2ccc(-c3cccnc3)cc2)NC1=O. The van der Waals surface area contributed by atoms with Crippen LogP contribution in [0.5, 0.6) is 0 Å². The van der Waals surface area contributed by atoms with Crippen LogP contribution in [0.1, 0.15) is 85.6 Å². The van der Waals surface area contributed by atoms with Gasteiger partial charge in [0.05, 0.1) is 0 Å². The van der Waals surface area contributed by atoms with Crippen LogP contribution in [0.4, 0.5) is 0 Å². The predicted octanol–water partition coefficient (Wildman–Crippen LogP) is 5.81. The van der Waals surface area contributed by atoms with E-state index >= 15 is 0 Å². The van der Waals surface area contributed by atoms with Gasteiger partial charge in [0, 0.05) is 25.4 Å². The highest BCUT2D eigenvalue weighted by Crippen LogP contribution is 2.37. The van der Waals surface area contributed by atoms with Crippen molar-refractivity contribution in [2.24, 2.45) is 0 Å². The molecule has 11 nitrogen and oxygen atoms in total. The van der Waals surface area contributed by atoms with Crippen molar-refractivity contribution in [3.8, 4) is 11.1 Å². The molecule has 0 saturated carbocycles. The van der Waals surface area contributed by atoms with Gasteiger partial charge in [0.25, 0.3) is 8.32 Å². The Bertz CT molecular complexity index is 2170. The highest BCUT2D eigenvalue weighted by atomic mass is 28.4. The Labute approximate surface area is 367 Å². The second-order valence-corrected chi connectivity index (χ2v) is 22.0. The summed E-state index contributed by atoms with van der Waals surface area (Å²) in [6.07, 6.45) is 8.81. The van der Waals surface area contributed by atoms with E-state index in [4.69, 9.17) is 4.43 Å². The van der Waals surface area contributed by atoms with E-state index in [-0.39, 0.29) is 36.0 Å². The number of rotatable bonds is 14. The number of benzene rings is 3. The van der Waals surface area contributed by atoms with Gasteiger partial charge < -0.3 is 25.3 Å². The molecule has 4 aromatic rings. The van der Waals surface area contributed by atoms with E-state index in [0.717, 1.165) is 27.1 Å². The Balaban J connectivity index is 1.13. The molecular weight excluding hydrogens is 795 g/mol. The summed E-state index contributed by atoms with van der Waals surface area (Å²) in [7, 11) is -2.95. The number of hydrogen-bond acceptors (Lipinski definition) is 7. The number of ketones is 1. The molecule has 5 atom stereocenters. The van der Waals surface area contributed by atoms with Crippen LogP contribution >= 0.6 is 0 Å². The van der Waals surface area contributed by atoms with Crippen LogP contribution in [0, 0.1) is 0 Å². The maximum absolute atomic E-state index is 14.3. The molecule has 3 N–H and O–H groups in total. The zero-order valence-corrected chi connectivity index (χ0v) is 37.9. The standard InChI is InChI=1S/C50H61N5O6Si/c1-7-50(6)48(60)53-42(33-36-27-29-37(30-28-36)38-19-17-31-51-34-38)47(59)55-32-18-25-43(55)46(58)52-41(45(57)54-50)24-15-10-16-26-44(56)35(2)61-62(49(3,4)5,39-20-11-8-12-21-39)40-22-13-9-14-23-40/h8-9,11-14,16-17,19-23,26-31,34-35,41-43H,7,10,15,18,24-25,32-33H2,1-6H3,(H,52,58)(H,53,60)(H,54,57)/b26-16+/t35-,41-,42-,43+,50-/m0/s1. The summed E-state index contributed by atoms with van der Waals surface area (Å²) in [6.45, 7) is 12.1. The maximum atomic E-state index is 14.3. The quantitative estimate of drug-likeness (QED) is 0.0825. The summed E-state index contributed by atoms with van der Waals surface area (Å²) in [5.74, 6) is -1.86. The first-order valence-electron chi connectivity index (χ1n) is 21.9. The molecule has 1 aromatic heterocycles. The Morgan fingerprint density at radius 2 is 1.55 bits per heavy atom. The molecule has 12 heteroatoms. The minimum absolute atomic E-state index is 0.161. The maximum Gasteiger partial charge on any atom is 0.262 e. The summed E-state index contributed by atoms with van der Waals surface area (Å²) in [5, 5.41) is 10.7. The molecule has 3 aromatic carbocycles. The Morgan fingerprint density at radius 3 is 2.15 bits per heavy atom. The molecule has 2 aliphatic heterocycles. The minimum atomic E-state index is -2.95. The Kier molecular flexibility index (Phi) is 14.8. The van der Waals surface area contributed by atoms with Crippen LogP contribution in [0.3, 0.4) is 0 Å². The van der Waals surface area contributed by atoms with Gasteiger partial charge in [-0.1, -0.05) is 125 Å². The van der Waals surface area contributed by atoms with Gasteiger partial charge in [-0.05, 0) is 96.6 Å². The average Bonchev–Trinajstić information content (AvgIpc) is 3.78. The normalized spacial score (nSPS) is 21.9. The van der Waals surface area contributed by atoms with E-state index < -0.39 is 55.8 Å². The number of unbranched alkanes of at least 4 members (excludes halogenated alkanes) is 1. The summed E-state index contributed by atoms with van der Waals surface area (Å²) in [5.41, 5.74) is 1.41.